The fraction of sp³-hybridized carbons (Fsp3) is 0.182. The van der Waals surface area contributed by atoms with Crippen LogP contribution in [0.4, 0.5) is 0 Å². The van der Waals surface area contributed by atoms with Crippen LogP contribution in [0.5, 0.6) is 5.75 Å². The number of benzene rings is 1. The van der Waals surface area contributed by atoms with E-state index in [1.54, 1.807) is 24.4 Å². The largest absolute Gasteiger partial charge is 0.508 e. The standard InChI is InChI=1S/C11H13NO/c1-3-11(12-4-2)9-6-5-7-10(13)8-9/h3-8,13H,1-2H3. The Morgan fingerprint density at radius 2 is 2.15 bits per heavy atom. The number of allylic oxidation sites excluding steroid dienone is 1. The third-order valence-corrected chi connectivity index (χ3v) is 1.68. The van der Waals surface area contributed by atoms with Crippen molar-refractivity contribution in [3.05, 3.63) is 35.9 Å². The maximum atomic E-state index is 9.25. The highest BCUT2D eigenvalue weighted by Crippen LogP contribution is 2.19. The number of aliphatic imine (C=N–C) groups is 1. The molecule has 13 heavy (non-hydrogen) atoms. The van der Waals surface area contributed by atoms with Crippen LogP contribution >= 0.6 is 0 Å². The molecule has 1 aromatic rings. The quantitative estimate of drug-likeness (QED) is 0.689. The Morgan fingerprint density at radius 1 is 1.38 bits per heavy atom. The van der Waals surface area contributed by atoms with E-state index in [0.29, 0.717) is 0 Å². The first-order valence-electron chi connectivity index (χ1n) is 4.22. The third kappa shape index (κ3) is 2.44. The summed E-state index contributed by atoms with van der Waals surface area (Å²) in [6, 6.07) is 7.07. The van der Waals surface area contributed by atoms with Gasteiger partial charge in [-0.15, -0.1) is 0 Å². The lowest BCUT2D eigenvalue weighted by molar-refractivity contribution is 0.475. The molecule has 1 rings (SSSR count). The number of nitrogens with zero attached hydrogens (tertiary/aromatic N) is 1. The molecular weight excluding hydrogens is 162 g/mol. The third-order valence-electron chi connectivity index (χ3n) is 1.68. The lowest BCUT2D eigenvalue weighted by atomic mass is 10.1. The summed E-state index contributed by atoms with van der Waals surface area (Å²) >= 11 is 0. The summed E-state index contributed by atoms with van der Waals surface area (Å²) in [6.07, 6.45) is 3.65. The zero-order valence-corrected chi connectivity index (χ0v) is 7.86. The second-order valence-corrected chi connectivity index (χ2v) is 2.61. The van der Waals surface area contributed by atoms with E-state index in [1.807, 2.05) is 26.0 Å². The highest BCUT2D eigenvalue weighted by atomic mass is 16.3. The molecule has 0 heterocycles. The van der Waals surface area contributed by atoms with Crippen molar-refractivity contribution >= 4 is 11.9 Å². The van der Waals surface area contributed by atoms with Crippen molar-refractivity contribution in [3.8, 4) is 5.75 Å². The van der Waals surface area contributed by atoms with E-state index in [2.05, 4.69) is 4.99 Å². The van der Waals surface area contributed by atoms with Crippen LogP contribution in [0.3, 0.4) is 0 Å². The summed E-state index contributed by atoms with van der Waals surface area (Å²) in [5.74, 6) is 0.267. The van der Waals surface area contributed by atoms with Gasteiger partial charge in [0.15, 0.2) is 0 Å². The van der Waals surface area contributed by atoms with Crippen molar-refractivity contribution in [3.63, 3.8) is 0 Å². The zero-order valence-electron chi connectivity index (χ0n) is 7.86. The molecule has 0 aliphatic heterocycles. The van der Waals surface area contributed by atoms with E-state index in [4.69, 9.17) is 0 Å². The van der Waals surface area contributed by atoms with Crippen molar-refractivity contribution < 1.29 is 5.11 Å². The van der Waals surface area contributed by atoms with Gasteiger partial charge >= 0.3 is 0 Å². The number of hydrogen-bond donors (Lipinski definition) is 1. The topological polar surface area (TPSA) is 32.6 Å². The SMILES string of the molecule is CC=NC(=CC)c1cccc(O)c1. The molecule has 2 nitrogen and oxygen atoms in total. The maximum Gasteiger partial charge on any atom is 0.116 e. The normalized spacial score (nSPS) is 12.3. The number of phenolic OH excluding ortho intramolecular Hbond substituents is 1. The maximum absolute atomic E-state index is 9.25. The molecule has 1 N–H and O–H groups in total. The molecule has 0 bridgehead atoms. The molecule has 0 aliphatic rings. The van der Waals surface area contributed by atoms with E-state index < -0.39 is 0 Å². The molecule has 2 heteroatoms. The minimum absolute atomic E-state index is 0.267. The molecule has 0 aromatic heterocycles. The van der Waals surface area contributed by atoms with Gasteiger partial charge in [-0.05, 0) is 26.0 Å². The second-order valence-electron chi connectivity index (χ2n) is 2.61. The number of hydrogen-bond acceptors (Lipinski definition) is 2. The van der Waals surface area contributed by atoms with Gasteiger partial charge in [0.1, 0.15) is 5.75 Å². The lowest BCUT2D eigenvalue weighted by Gasteiger charge is -2.01. The minimum Gasteiger partial charge on any atom is -0.508 e. The van der Waals surface area contributed by atoms with E-state index in [9.17, 15) is 5.11 Å². The molecular formula is C11H13NO. The highest BCUT2D eigenvalue weighted by Gasteiger charge is 1.97. The molecule has 1 aromatic carbocycles. The Kier molecular flexibility index (Phi) is 3.26. The monoisotopic (exact) mass is 175 g/mol. The van der Waals surface area contributed by atoms with Crippen molar-refractivity contribution in [2.75, 3.05) is 0 Å². The van der Waals surface area contributed by atoms with Gasteiger partial charge < -0.3 is 5.11 Å². The van der Waals surface area contributed by atoms with Crippen LogP contribution in [0, 0.1) is 0 Å². The van der Waals surface area contributed by atoms with Crippen molar-refractivity contribution in [1.29, 1.82) is 0 Å². The van der Waals surface area contributed by atoms with Crippen LogP contribution in [0.2, 0.25) is 0 Å². The average Bonchev–Trinajstić information content (AvgIpc) is 2.14. The van der Waals surface area contributed by atoms with Crippen LogP contribution in [0.1, 0.15) is 19.4 Å². The van der Waals surface area contributed by atoms with Gasteiger partial charge in [-0.1, -0.05) is 18.2 Å². The second kappa shape index (κ2) is 4.45. The summed E-state index contributed by atoms with van der Waals surface area (Å²) < 4.78 is 0. The Morgan fingerprint density at radius 3 is 2.69 bits per heavy atom. The molecule has 0 fully saturated rings. The molecule has 0 spiro atoms. The molecule has 0 atom stereocenters. The Balaban J connectivity index is 3.06. The number of aromatic hydroxyl groups is 1. The van der Waals surface area contributed by atoms with Crippen molar-refractivity contribution in [1.82, 2.24) is 0 Å². The predicted octanol–water partition coefficient (Wildman–Crippen LogP) is 2.84. The van der Waals surface area contributed by atoms with E-state index >= 15 is 0 Å². The summed E-state index contributed by atoms with van der Waals surface area (Å²) in [7, 11) is 0. The van der Waals surface area contributed by atoms with Crippen molar-refractivity contribution in [2.45, 2.75) is 13.8 Å². The number of rotatable bonds is 2. The zero-order chi connectivity index (χ0) is 9.68. The summed E-state index contributed by atoms with van der Waals surface area (Å²) in [5, 5.41) is 9.25. The summed E-state index contributed by atoms with van der Waals surface area (Å²) in [6.45, 7) is 3.79. The van der Waals surface area contributed by atoms with Crippen LogP contribution in [0.25, 0.3) is 5.70 Å². The van der Waals surface area contributed by atoms with Gasteiger partial charge in [0.2, 0.25) is 0 Å². The van der Waals surface area contributed by atoms with Crippen LogP contribution in [0.15, 0.2) is 35.3 Å². The average molecular weight is 175 g/mol. The smallest absolute Gasteiger partial charge is 0.116 e. The van der Waals surface area contributed by atoms with Gasteiger partial charge in [0.25, 0.3) is 0 Å². The van der Waals surface area contributed by atoms with Crippen LogP contribution < -0.4 is 0 Å². The first-order chi connectivity index (χ1) is 6.27. The molecule has 0 saturated heterocycles. The van der Waals surface area contributed by atoms with Crippen LogP contribution in [-0.4, -0.2) is 11.3 Å². The lowest BCUT2D eigenvalue weighted by Crippen LogP contribution is -1.80. The van der Waals surface area contributed by atoms with Gasteiger partial charge in [0.05, 0.1) is 5.70 Å². The van der Waals surface area contributed by atoms with Crippen molar-refractivity contribution in [2.24, 2.45) is 4.99 Å². The first kappa shape index (κ1) is 9.52. The Labute approximate surface area is 78.3 Å². The Bertz CT molecular complexity index is 340. The molecule has 0 radical (unpaired) electrons. The van der Waals surface area contributed by atoms with Gasteiger partial charge in [-0.3, -0.25) is 4.99 Å². The molecule has 68 valence electrons. The predicted molar refractivity (Wildman–Crippen MR) is 55.9 cm³/mol. The van der Waals surface area contributed by atoms with Gasteiger partial charge in [-0.2, -0.15) is 0 Å². The van der Waals surface area contributed by atoms with E-state index in [-0.39, 0.29) is 5.75 Å². The Hall–Kier alpha value is -1.57. The van der Waals surface area contributed by atoms with E-state index in [1.165, 1.54) is 0 Å². The fourth-order valence-corrected chi connectivity index (χ4v) is 1.12. The van der Waals surface area contributed by atoms with Gasteiger partial charge in [0, 0.05) is 11.8 Å². The molecule has 0 saturated carbocycles. The summed E-state index contributed by atoms with van der Waals surface area (Å²) in [5.41, 5.74) is 1.80. The molecule has 0 unspecified atom stereocenters. The first-order valence-corrected chi connectivity index (χ1v) is 4.22. The number of phenols is 1. The highest BCUT2D eigenvalue weighted by molar-refractivity contribution is 5.73. The van der Waals surface area contributed by atoms with Crippen LogP contribution in [-0.2, 0) is 0 Å². The molecule has 0 amide bonds. The molecule has 0 aliphatic carbocycles. The minimum atomic E-state index is 0.267. The van der Waals surface area contributed by atoms with E-state index in [0.717, 1.165) is 11.3 Å². The summed E-state index contributed by atoms with van der Waals surface area (Å²) in [4.78, 5) is 4.18. The fourth-order valence-electron chi connectivity index (χ4n) is 1.12. The van der Waals surface area contributed by atoms with Gasteiger partial charge in [-0.25, -0.2) is 0 Å².